The van der Waals surface area contributed by atoms with Crippen molar-refractivity contribution in [1.29, 1.82) is 0 Å². The smallest absolute Gasteiger partial charge is 0.0651 e. The monoisotopic (exact) mass is 224 g/mol. The molecular formula is C13H24N2O. The van der Waals surface area contributed by atoms with Gasteiger partial charge in [0.1, 0.15) is 0 Å². The zero-order chi connectivity index (χ0) is 12.1. The molecule has 2 bridgehead atoms. The van der Waals surface area contributed by atoms with Gasteiger partial charge in [-0.1, -0.05) is 25.9 Å². The van der Waals surface area contributed by atoms with Crippen molar-refractivity contribution < 1.29 is 5.21 Å². The summed E-state index contributed by atoms with van der Waals surface area (Å²) < 4.78 is 0. The highest BCUT2D eigenvalue weighted by molar-refractivity contribution is 5.92. The van der Waals surface area contributed by atoms with Crippen molar-refractivity contribution in [1.82, 2.24) is 4.90 Å². The first kappa shape index (κ1) is 11.9. The lowest BCUT2D eigenvalue weighted by Gasteiger charge is -2.41. The van der Waals surface area contributed by atoms with Crippen molar-refractivity contribution >= 4 is 5.71 Å². The second-order valence-corrected chi connectivity index (χ2v) is 6.45. The van der Waals surface area contributed by atoms with E-state index in [1.54, 1.807) is 0 Å². The highest BCUT2D eigenvalue weighted by atomic mass is 16.4. The Labute approximate surface area is 98.5 Å². The predicted molar refractivity (Wildman–Crippen MR) is 65.8 cm³/mol. The number of hydrogen-bond acceptors (Lipinski definition) is 3. The van der Waals surface area contributed by atoms with Crippen LogP contribution >= 0.6 is 0 Å². The van der Waals surface area contributed by atoms with Gasteiger partial charge >= 0.3 is 0 Å². The summed E-state index contributed by atoms with van der Waals surface area (Å²) in [6.07, 6.45) is 1.21. The van der Waals surface area contributed by atoms with Crippen molar-refractivity contribution in [2.75, 3.05) is 20.6 Å². The minimum atomic E-state index is 0.388. The molecule has 0 amide bonds. The van der Waals surface area contributed by atoms with Gasteiger partial charge < -0.3 is 10.1 Å². The molecule has 0 aliphatic heterocycles. The average Bonchev–Trinajstić information content (AvgIpc) is 2.63. The summed E-state index contributed by atoms with van der Waals surface area (Å²) in [6.45, 7) is 8.07. The van der Waals surface area contributed by atoms with Crippen LogP contribution in [0, 0.1) is 29.1 Å². The van der Waals surface area contributed by atoms with E-state index in [1.165, 1.54) is 6.42 Å². The lowest BCUT2D eigenvalue weighted by Crippen LogP contribution is -2.43. The van der Waals surface area contributed by atoms with E-state index in [0.29, 0.717) is 29.1 Å². The Morgan fingerprint density at radius 3 is 2.56 bits per heavy atom. The molecular weight excluding hydrogens is 200 g/mol. The Morgan fingerprint density at radius 1 is 1.44 bits per heavy atom. The van der Waals surface area contributed by atoms with Crippen LogP contribution in [0.15, 0.2) is 5.16 Å². The van der Waals surface area contributed by atoms with Crippen molar-refractivity contribution in [2.45, 2.75) is 27.2 Å². The Balaban J connectivity index is 2.27. The average molecular weight is 224 g/mol. The van der Waals surface area contributed by atoms with E-state index in [-0.39, 0.29) is 0 Å². The van der Waals surface area contributed by atoms with Crippen LogP contribution in [-0.4, -0.2) is 36.5 Å². The molecule has 2 aliphatic rings. The standard InChI is InChI=1S/C13H24N2O/c1-8-9-6-11(13(8,2)3)10(7-15(4)5)12(9)14-16/h8-11,16H,6-7H2,1-5H3/b14-12+/t8-,9+,10-,11+/m0/s1. The molecule has 2 aliphatic carbocycles. The number of hydrogen-bond donors (Lipinski definition) is 1. The van der Waals surface area contributed by atoms with Crippen LogP contribution in [0.2, 0.25) is 0 Å². The molecule has 0 aromatic heterocycles. The maximum absolute atomic E-state index is 9.23. The highest BCUT2D eigenvalue weighted by Crippen LogP contribution is 2.60. The largest absolute Gasteiger partial charge is 0.411 e. The number of rotatable bonds is 2. The van der Waals surface area contributed by atoms with Gasteiger partial charge in [-0.3, -0.25) is 0 Å². The van der Waals surface area contributed by atoms with Crippen molar-refractivity contribution in [3.63, 3.8) is 0 Å². The van der Waals surface area contributed by atoms with Crippen LogP contribution in [-0.2, 0) is 0 Å². The van der Waals surface area contributed by atoms with Crippen LogP contribution < -0.4 is 0 Å². The zero-order valence-corrected chi connectivity index (χ0v) is 11.1. The van der Waals surface area contributed by atoms with Crippen LogP contribution in [0.1, 0.15) is 27.2 Å². The molecule has 4 atom stereocenters. The van der Waals surface area contributed by atoms with Gasteiger partial charge in [-0.25, -0.2) is 0 Å². The Bertz CT molecular complexity index is 309. The Morgan fingerprint density at radius 2 is 2.06 bits per heavy atom. The lowest BCUT2D eigenvalue weighted by molar-refractivity contribution is 0.128. The molecule has 16 heavy (non-hydrogen) atoms. The molecule has 0 unspecified atom stereocenters. The van der Waals surface area contributed by atoms with Crippen LogP contribution in [0.4, 0.5) is 0 Å². The first-order valence-corrected chi connectivity index (χ1v) is 6.26. The van der Waals surface area contributed by atoms with E-state index in [9.17, 15) is 5.21 Å². The number of fused-ring (bicyclic) bond motifs is 2. The quantitative estimate of drug-likeness (QED) is 0.577. The van der Waals surface area contributed by atoms with Gasteiger partial charge in [0.25, 0.3) is 0 Å². The Hall–Kier alpha value is -0.570. The molecule has 0 spiro atoms. The fraction of sp³-hybridized carbons (Fsp3) is 0.923. The minimum absolute atomic E-state index is 0.388. The fourth-order valence-corrected chi connectivity index (χ4v) is 3.94. The van der Waals surface area contributed by atoms with Gasteiger partial charge in [-0.05, 0) is 37.8 Å². The molecule has 3 heteroatoms. The first-order chi connectivity index (χ1) is 7.39. The zero-order valence-electron chi connectivity index (χ0n) is 11.1. The second kappa shape index (κ2) is 3.73. The number of oxime groups is 1. The topological polar surface area (TPSA) is 35.8 Å². The lowest BCUT2D eigenvalue weighted by atomic mass is 9.64. The van der Waals surface area contributed by atoms with Crippen molar-refractivity contribution in [2.24, 2.45) is 34.2 Å². The third-order valence-electron chi connectivity index (χ3n) is 5.16. The summed E-state index contributed by atoms with van der Waals surface area (Å²) in [5.74, 6) is 2.29. The summed E-state index contributed by atoms with van der Waals surface area (Å²) in [7, 11) is 4.19. The summed E-state index contributed by atoms with van der Waals surface area (Å²) in [5, 5.41) is 12.8. The van der Waals surface area contributed by atoms with Gasteiger partial charge in [-0.2, -0.15) is 0 Å². The predicted octanol–water partition coefficient (Wildman–Crippen LogP) is 2.31. The molecule has 0 aromatic rings. The second-order valence-electron chi connectivity index (χ2n) is 6.45. The molecule has 2 fully saturated rings. The van der Waals surface area contributed by atoms with E-state index >= 15 is 0 Å². The molecule has 0 aromatic carbocycles. The van der Waals surface area contributed by atoms with Crippen LogP contribution in [0.25, 0.3) is 0 Å². The Kier molecular flexibility index (Phi) is 2.77. The van der Waals surface area contributed by atoms with Gasteiger partial charge in [-0.15, -0.1) is 0 Å². The third-order valence-corrected chi connectivity index (χ3v) is 5.16. The molecule has 0 saturated heterocycles. The van der Waals surface area contributed by atoms with Gasteiger partial charge in [0.15, 0.2) is 0 Å². The van der Waals surface area contributed by atoms with Crippen LogP contribution in [0.3, 0.4) is 0 Å². The summed E-state index contributed by atoms with van der Waals surface area (Å²) in [4.78, 5) is 2.21. The fourth-order valence-electron chi connectivity index (χ4n) is 3.94. The molecule has 3 nitrogen and oxygen atoms in total. The SMILES string of the molecule is C[C@H]1[C@H]2C[C@H]([C@H](CN(C)C)/C2=N/O)C1(C)C. The van der Waals surface area contributed by atoms with Crippen LogP contribution in [0.5, 0.6) is 0 Å². The van der Waals surface area contributed by atoms with E-state index in [1.807, 2.05) is 0 Å². The third kappa shape index (κ3) is 1.48. The molecule has 2 rings (SSSR count). The van der Waals surface area contributed by atoms with E-state index in [0.717, 1.165) is 12.3 Å². The summed E-state index contributed by atoms with van der Waals surface area (Å²) in [5.41, 5.74) is 1.45. The molecule has 1 N–H and O–H groups in total. The normalized spacial score (nSPS) is 43.5. The summed E-state index contributed by atoms with van der Waals surface area (Å²) in [6, 6.07) is 0. The molecule has 0 radical (unpaired) electrons. The maximum atomic E-state index is 9.23. The van der Waals surface area contributed by atoms with Gasteiger partial charge in [0.05, 0.1) is 5.71 Å². The van der Waals surface area contributed by atoms with Crippen molar-refractivity contribution in [3.05, 3.63) is 0 Å². The van der Waals surface area contributed by atoms with E-state index in [2.05, 4.69) is 44.9 Å². The molecule has 0 heterocycles. The summed E-state index contributed by atoms with van der Waals surface area (Å²) >= 11 is 0. The van der Waals surface area contributed by atoms with E-state index in [4.69, 9.17) is 0 Å². The molecule has 92 valence electrons. The minimum Gasteiger partial charge on any atom is -0.411 e. The first-order valence-electron chi connectivity index (χ1n) is 6.26. The maximum Gasteiger partial charge on any atom is 0.0651 e. The molecule has 2 saturated carbocycles. The van der Waals surface area contributed by atoms with Crippen molar-refractivity contribution in [3.8, 4) is 0 Å². The van der Waals surface area contributed by atoms with Gasteiger partial charge in [0.2, 0.25) is 0 Å². The number of nitrogens with zero attached hydrogens (tertiary/aromatic N) is 2. The highest BCUT2D eigenvalue weighted by Gasteiger charge is 2.58. The van der Waals surface area contributed by atoms with E-state index < -0.39 is 0 Å². The van der Waals surface area contributed by atoms with Gasteiger partial charge in [0, 0.05) is 18.4 Å².